The number of carbonyl (C=O) groups is 2. The first-order chi connectivity index (χ1) is 10.5. The van der Waals surface area contributed by atoms with Crippen LogP contribution in [0.25, 0.3) is 0 Å². The van der Waals surface area contributed by atoms with E-state index < -0.39 is 0 Å². The molecule has 0 radical (unpaired) electrons. The number of nitrogens with one attached hydrogen (secondary N) is 1. The first-order valence-corrected chi connectivity index (χ1v) is 7.85. The molecule has 1 aliphatic heterocycles. The van der Waals surface area contributed by atoms with E-state index in [1.54, 1.807) is 4.90 Å². The van der Waals surface area contributed by atoms with Crippen molar-refractivity contribution in [1.29, 1.82) is 0 Å². The Morgan fingerprint density at radius 3 is 3.00 bits per heavy atom. The van der Waals surface area contributed by atoms with E-state index in [2.05, 4.69) is 17.5 Å². The topological polar surface area (TPSA) is 87.9 Å². The monoisotopic (exact) mass is 310 g/mol. The second kappa shape index (κ2) is 8.14. The fourth-order valence-electron chi connectivity index (χ4n) is 2.87. The maximum atomic E-state index is 12.3. The van der Waals surface area contributed by atoms with E-state index in [9.17, 15) is 9.59 Å². The van der Waals surface area contributed by atoms with Gasteiger partial charge in [-0.3, -0.25) is 9.69 Å². The fourth-order valence-corrected chi connectivity index (χ4v) is 2.87. The number of primary amides is 1. The Morgan fingerprint density at radius 2 is 2.32 bits per heavy atom. The number of urea groups is 1. The number of hydrogen-bond acceptors (Lipinski definition) is 4. The third-order valence-electron chi connectivity index (χ3n) is 3.93. The van der Waals surface area contributed by atoms with E-state index in [1.807, 2.05) is 11.9 Å². The molecule has 3 N–H and O–H groups in total. The Bertz CT molecular complexity index is 427. The normalized spacial score (nSPS) is 25.3. The van der Waals surface area contributed by atoms with Gasteiger partial charge in [-0.15, -0.1) is 0 Å². The zero-order valence-corrected chi connectivity index (χ0v) is 13.2. The van der Waals surface area contributed by atoms with Crippen molar-refractivity contribution >= 4 is 11.9 Å². The van der Waals surface area contributed by atoms with Crippen LogP contribution in [0.4, 0.5) is 4.79 Å². The molecule has 0 aromatic carbocycles. The van der Waals surface area contributed by atoms with Gasteiger partial charge in [0.05, 0.1) is 19.3 Å². The first-order valence-electron chi connectivity index (χ1n) is 7.85. The molecular weight excluding hydrogens is 284 g/mol. The van der Waals surface area contributed by atoms with E-state index in [1.165, 1.54) is 0 Å². The molecule has 3 amide bonds. The highest BCUT2D eigenvalue weighted by Crippen LogP contribution is 2.12. The van der Waals surface area contributed by atoms with Crippen LogP contribution in [-0.2, 0) is 9.53 Å². The first kappa shape index (κ1) is 16.8. The molecule has 0 unspecified atom stereocenters. The molecule has 7 heteroatoms. The summed E-state index contributed by atoms with van der Waals surface area (Å²) in [6.07, 6.45) is 7.31. The van der Waals surface area contributed by atoms with E-state index >= 15 is 0 Å². The molecule has 0 saturated carbocycles. The Morgan fingerprint density at radius 1 is 1.50 bits per heavy atom. The number of morpholine rings is 1. The molecular formula is C15H26N4O3. The molecule has 22 heavy (non-hydrogen) atoms. The summed E-state index contributed by atoms with van der Waals surface area (Å²) >= 11 is 0. The van der Waals surface area contributed by atoms with Crippen molar-refractivity contribution < 1.29 is 14.3 Å². The molecule has 1 saturated heterocycles. The highest BCUT2D eigenvalue weighted by Gasteiger charge is 2.26. The molecule has 0 aromatic heterocycles. The lowest BCUT2D eigenvalue weighted by Gasteiger charge is -2.35. The molecule has 2 rings (SSSR count). The predicted octanol–water partition coefficient (Wildman–Crippen LogP) is -0.0774. The highest BCUT2D eigenvalue weighted by atomic mass is 16.5. The molecule has 124 valence electrons. The van der Waals surface area contributed by atoms with Gasteiger partial charge in [0.1, 0.15) is 0 Å². The Labute approximate surface area is 131 Å². The number of nitrogens with zero attached hydrogens (tertiary/aromatic N) is 2. The van der Waals surface area contributed by atoms with Gasteiger partial charge in [0.2, 0.25) is 5.91 Å². The lowest BCUT2D eigenvalue weighted by atomic mass is 10.0. The number of nitrogens with two attached hydrogens (primary N) is 1. The molecule has 2 atom stereocenters. The van der Waals surface area contributed by atoms with E-state index in [0.717, 1.165) is 19.3 Å². The van der Waals surface area contributed by atoms with Crippen LogP contribution in [0.5, 0.6) is 0 Å². The predicted molar refractivity (Wildman–Crippen MR) is 83.3 cm³/mol. The zero-order chi connectivity index (χ0) is 15.9. The Balaban J connectivity index is 1.79. The minimum Gasteiger partial charge on any atom is -0.373 e. The standard InChI is InChI=1S/C15H26N4O3/c1-18(11-14(16)20)9-13-10-19(7-8-22-13)15(21)17-12-5-3-2-4-6-12/h3,5,12-13H,2,4,6-11H2,1H3,(H2,16,20)(H,17,21)/t12-,13+/m1/s1. The average Bonchev–Trinajstić information content (AvgIpc) is 2.47. The Hall–Kier alpha value is -1.60. The quantitative estimate of drug-likeness (QED) is 0.695. The summed E-state index contributed by atoms with van der Waals surface area (Å²) in [5.41, 5.74) is 5.18. The van der Waals surface area contributed by atoms with Crippen LogP contribution in [0.2, 0.25) is 0 Å². The second-order valence-electron chi connectivity index (χ2n) is 6.02. The maximum Gasteiger partial charge on any atom is 0.318 e. The summed E-state index contributed by atoms with van der Waals surface area (Å²) in [5.74, 6) is -0.364. The average molecular weight is 310 g/mol. The van der Waals surface area contributed by atoms with Crippen LogP contribution in [0, 0.1) is 0 Å². The minimum atomic E-state index is -0.364. The summed E-state index contributed by atoms with van der Waals surface area (Å²) in [5, 5.41) is 3.05. The lowest BCUT2D eigenvalue weighted by Crippen LogP contribution is -2.54. The van der Waals surface area contributed by atoms with Crippen molar-refractivity contribution in [3.63, 3.8) is 0 Å². The third kappa shape index (κ3) is 5.31. The van der Waals surface area contributed by atoms with Crippen molar-refractivity contribution in [2.45, 2.75) is 31.4 Å². The van der Waals surface area contributed by atoms with E-state index in [0.29, 0.717) is 26.2 Å². The molecule has 1 heterocycles. The van der Waals surface area contributed by atoms with Gasteiger partial charge in [-0.05, 0) is 26.3 Å². The number of likely N-dealkylation sites (N-methyl/N-ethyl adjacent to an activating group) is 1. The van der Waals surface area contributed by atoms with Crippen molar-refractivity contribution in [2.75, 3.05) is 39.8 Å². The van der Waals surface area contributed by atoms with Crippen LogP contribution in [0.1, 0.15) is 19.3 Å². The van der Waals surface area contributed by atoms with Crippen LogP contribution in [0.3, 0.4) is 0 Å². The fraction of sp³-hybridized carbons (Fsp3) is 0.733. The minimum absolute atomic E-state index is 0.0394. The van der Waals surface area contributed by atoms with Gasteiger partial charge in [-0.2, -0.15) is 0 Å². The number of amides is 3. The zero-order valence-electron chi connectivity index (χ0n) is 13.2. The summed E-state index contributed by atoms with van der Waals surface area (Å²) in [6.45, 7) is 2.42. The number of carbonyl (C=O) groups excluding carboxylic acids is 2. The second-order valence-corrected chi connectivity index (χ2v) is 6.02. The molecule has 1 fully saturated rings. The summed E-state index contributed by atoms with van der Waals surface area (Å²) < 4.78 is 5.67. The summed E-state index contributed by atoms with van der Waals surface area (Å²) in [7, 11) is 1.82. The molecule has 2 aliphatic rings. The number of allylic oxidation sites excluding steroid dienone is 1. The summed E-state index contributed by atoms with van der Waals surface area (Å²) in [4.78, 5) is 26.8. The third-order valence-corrected chi connectivity index (χ3v) is 3.93. The molecule has 0 aromatic rings. The van der Waals surface area contributed by atoms with Gasteiger partial charge in [0.15, 0.2) is 0 Å². The maximum absolute atomic E-state index is 12.3. The van der Waals surface area contributed by atoms with Crippen LogP contribution < -0.4 is 11.1 Å². The van der Waals surface area contributed by atoms with Crippen molar-refractivity contribution in [3.05, 3.63) is 12.2 Å². The molecule has 0 spiro atoms. The van der Waals surface area contributed by atoms with Gasteiger partial charge >= 0.3 is 6.03 Å². The lowest BCUT2D eigenvalue weighted by molar-refractivity contribution is -0.119. The number of rotatable bonds is 5. The van der Waals surface area contributed by atoms with Gasteiger partial charge < -0.3 is 20.7 Å². The van der Waals surface area contributed by atoms with Gasteiger partial charge in [-0.1, -0.05) is 12.2 Å². The van der Waals surface area contributed by atoms with E-state index in [-0.39, 0.29) is 30.6 Å². The van der Waals surface area contributed by atoms with E-state index in [4.69, 9.17) is 10.5 Å². The van der Waals surface area contributed by atoms with Crippen molar-refractivity contribution in [2.24, 2.45) is 5.73 Å². The molecule has 1 aliphatic carbocycles. The van der Waals surface area contributed by atoms with Gasteiger partial charge in [-0.25, -0.2) is 4.79 Å². The van der Waals surface area contributed by atoms with Crippen LogP contribution in [-0.4, -0.2) is 73.7 Å². The molecule has 7 nitrogen and oxygen atoms in total. The van der Waals surface area contributed by atoms with Gasteiger partial charge in [0.25, 0.3) is 0 Å². The SMILES string of the molecule is CN(CC(N)=O)C[C@H]1CN(C(=O)N[C@@H]2C=CCCC2)CCO1. The van der Waals surface area contributed by atoms with Crippen LogP contribution >= 0.6 is 0 Å². The largest absolute Gasteiger partial charge is 0.373 e. The van der Waals surface area contributed by atoms with Crippen molar-refractivity contribution in [1.82, 2.24) is 15.1 Å². The smallest absolute Gasteiger partial charge is 0.318 e. The number of ether oxygens (including phenoxy) is 1. The van der Waals surface area contributed by atoms with Crippen LogP contribution in [0.15, 0.2) is 12.2 Å². The Kier molecular flexibility index (Phi) is 6.21. The van der Waals surface area contributed by atoms with Crippen molar-refractivity contribution in [3.8, 4) is 0 Å². The van der Waals surface area contributed by atoms with Gasteiger partial charge in [0, 0.05) is 25.7 Å². The summed E-state index contributed by atoms with van der Waals surface area (Å²) in [6, 6.07) is 0.0995. The number of hydrogen-bond donors (Lipinski definition) is 2. The highest BCUT2D eigenvalue weighted by molar-refractivity contribution is 5.76. The molecule has 0 bridgehead atoms.